The minimum atomic E-state index is -4.53. The van der Waals surface area contributed by atoms with E-state index in [0.717, 1.165) is 17.0 Å². The smallest absolute Gasteiger partial charge is 0.302 e. The van der Waals surface area contributed by atoms with Crippen molar-refractivity contribution in [1.29, 1.82) is 0 Å². The van der Waals surface area contributed by atoms with Crippen molar-refractivity contribution in [2.24, 2.45) is 5.92 Å². The van der Waals surface area contributed by atoms with Crippen molar-refractivity contribution in [3.8, 4) is 0 Å². The lowest BCUT2D eigenvalue weighted by Gasteiger charge is -2.32. The number of hydrogen-bond acceptors (Lipinski definition) is 2. The van der Waals surface area contributed by atoms with Crippen LogP contribution in [0.2, 0.25) is 0 Å². The molecule has 3 atom stereocenters. The summed E-state index contributed by atoms with van der Waals surface area (Å²) in [6.07, 6.45) is -0.0257. The summed E-state index contributed by atoms with van der Waals surface area (Å²) in [7, 11) is 0. The molecular weight excluding hydrogens is 309 g/mol. The number of amides is 3. The van der Waals surface area contributed by atoms with E-state index in [1.165, 1.54) is 17.0 Å². The number of benzene rings is 1. The van der Waals surface area contributed by atoms with Gasteiger partial charge in [0.2, 0.25) is 0 Å². The summed E-state index contributed by atoms with van der Waals surface area (Å²) < 4.78 is 38.6. The molecule has 4 nitrogen and oxygen atoms in total. The summed E-state index contributed by atoms with van der Waals surface area (Å²) in [5.74, 6) is -0.543. The Balaban J connectivity index is 1.78. The highest BCUT2D eigenvalue weighted by atomic mass is 19.4. The molecule has 0 spiro atoms. The Morgan fingerprint density at radius 2 is 1.96 bits per heavy atom. The number of carbonyl (C=O) groups is 2. The van der Waals surface area contributed by atoms with Crippen LogP contribution >= 0.6 is 0 Å². The monoisotopic (exact) mass is 322 g/mol. The zero-order chi connectivity index (χ0) is 16.6. The molecule has 1 aromatic carbocycles. The molecule has 2 aliphatic heterocycles. The van der Waals surface area contributed by atoms with Crippen LogP contribution in [0.15, 0.2) is 36.4 Å². The SMILES string of the molecule is CC12C(=O)N(c3cccc(C(F)(F)F)c3)C(=O)N1[C@H]1C=C[C@@H]2C1. The number of fused-ring (bicyclic) bond motifs is 5. The van der Waals surface area contributed by atoms with E-state index in [2.05, 4.69) is 0 Å². The largest absolute Gasteiger partial charge is 0.416 e. The van der Waals surface area contributed by atoms with Crippen LogP contribution in [0.4, 0.5) is 23.7 Å². The fourth-order valence-electron chi connectivity index (χ4n) is 3.88. The standard InChI is InChI=1S/C16H13F3N2O2/c1-15-9-5-6-12(7-9)21(15)14(23)20(13(15)22)11-4-2-3-10(8-11)16(17,18)19/h2-6,8-9,12H,7H2,1H3/t9-,12+,15?/m1/s1. The highest BCUT2D eigenvalue weighted by molar-refractivity contribution is 6.24. The summed E-state index contributed by atoms with van der Waals surface area (Å²) in [6, 6.07) is 3.62. The van der Waals surface area contributed by atoms with Crippen LogP contribution in [-0.4, -0.2) is 28.4 Å². The molecule has 23 heavy (non-hydrogen) atoms. The number of nitrogens with zero attached hydrogens (tertiary/aromatic N) is 2. The second kappa shape index (κ2) is 4.15. The van der Waals surface area contributed by atoms with Crippen molar-refractivity contribution in [2.75, 3.05) is 4.90 Å². The van der Waals surface area contributed by atoms with Gasteiger partial charge < -0.3 is 4.90 Å². The molecule has 120 valence electrons. The molecule has 7 heteroatoms. The second-order valence-electron chi connectivity index (χ2n) is 6.28. The number of rotatable bonds is 1. The van der Waals surface area contributed by atoms with E-state index < -0.39 is 29.2 Å². The molecule has 2 bridgehead atoms. The maximum absolute atomic E-state index is 12.9. The minimum Gasteiger partial charge on any atom is -0.302 e. The number of halogens is 3. The summed E-state index contributed by atoms with van der Waals surface area (Å²) in [5.41, 5.74) is -1.91. The van der Waals surface area contributed by atoms with Gasteiger partial charge >= 0.3 is 12.2 Å². The van der Waals surface area contributed by atoms with Gasteiger partial charge in [-0.25, -0.2) is 9.69 Å². The molecule has 0 saturated carbocycles. The summed E-state index contributed by atoms with van der Waals surface area (Å²) in [5, 5.41) is 0. The molecule has 1 aromatic rings. The lowest BCUT2D eigenvalue weighted by Crippen LogP contribution is -2.49. The van der Waals surface area contributed by atoms with Crippen molar-refractivity contribution in [2.45, 2.75) is 31.1 Å². The number of urea groups is 1. The lowest BCUT2D eigenvalue weighted by molar-refractivity contribution is -0.137. The molecular formula is C16H13F3N2O2. The minimum absolute atomic E-state index is 0.0372. The van der Waals surface area contributed by atoms with Gasteiger partial charge in [-0.15, -0.1) is 0 Å². The third kappa shape index (κ3) is 1.67. The first-order valence-corrected chi connectivity index (χ1v) is 7.28. The summed E-state index contributed by atoms with van der Waals surface area (Å²) >= 11 is 0. The van der Waals surface area contributed by atoms with Crippen LogP contribution in [0, 0.1) is 5.92 Å². The van der Waals surface area contributed by atoms with E-state index in [0.29, 0.717) is 6.42 Å². The second-order valence-corrected chi connectivity index (χ2v) is 6.28. The molecule has 0 radical (unpaired) electrons. The summed E-state index contributed by atoms with van der Waals surface area (Å²) in [6.45, 7) is 1.69. The van der Waals surface area contributed by atoms with Crippen molar-refractivity contribution >= 4 is 17.6 Å². The Labute approximate surface area is 130 Å². The van der Waals surface area contributed by atoms with Crippen LogP contribution in [0.25, 0.3) is 0 Å². The van der Waals surface area contributed by atoms with Gasteiger partial charge in [0, 0.05) is 5.92 Å². The highest BCUT2D eigenvalue weighted by Gasteiger charge is 2.65. The van der Waals surface area contributed by atoms with Gasteiger partial charge in [-0.2, -0.15) is 13.2 Å². The maximum atomic E-state index is 12.9. The zero-order valence-electron chi connectivity index (χ0n) is 12.2. The fourth-order valence-corrected chi connectivity index (χ4v) is 3.88. The van der Waals surface area contributed by atoms with Gasteiger partial charge in [0.25, 0.3) is 5.91 Å². The highest BCUT2D eigenvalue weighted by Crippen LogP contribution is 2.50. The average Bonchev–Trinajstić information content (AvgIpc) is 3.11. The van der Waals surface area contributed by atoms with Gasteiger partial charge in [0.15, 0.2) is 0 Å². The Bertz CT molecular complexity index is 758. The number of anilines is 1. The molecule has 0 aromatic heterocycles. The predicted molar refractivity (Wildman–Crippen MR) is 75.6 cm³/mol. The van der Waals surface area contributed by atoms with Crippen LogP contribution < -0.4 is 4.90 Å². The van der Waals surface area contributed by atoms with Gasteiger partial charge in [-0.3, -0.25) is 4.79 Å². The number of alkyl halides is 3. The van der Waals surface area contributed by atoms with Crippen LogP contribution in [0.1, 0.15) is 18.9 Å². The third-order valence-electron chi connectivity index (χ3n) is 5.08. The Kier molecular flexibility index (Phi) is 2.58. The van der Waals surface area contributed by atoms with Crippen LogP contribution in [0.5, 0.6) is 0 Å². The first-order chi connectivity index (χ1) is 10.7. The van der Waals surface area contributed by atoms with Gasteiger partial charge in [-0.1, -0.05) is 18.2 Å². The molecule has 2 fully saturated rings. The first kappa shape index (κ1) is 14.3. The quantitative estimate of drug-likeness (QED) is 0.588. The molecule has 2 saturated heterocycles. The summed E-state index contributed by atoms with van der Waals surface area (Å²) in [4.78, 5) is 27.9. The van der Waals surface area contributed by atoms with E-state index in [4.69, 9.17) is 0 Å². The van der Waals surface area contributed by atoms with E-state index in [1.807, 2.05) is 12.2 Å². The van der Waals surface area contributed by atoms with E-state index >= 15 is 0 Å². The molecule has 1 unspecified atom stereocenters. The number of carbonyl (C=O) groups excluding carboxylic acids is 2. The Hall–Kier alpha value is -2.31. The van der Waals surface area contributed by atoms with Crippen LogP contribution in [0.3, 0.4) is 0 Å². The number of imide groups is 1. The van der Waals surface area contributed by atoms with Crippen molar-refractivity contribution in [3.63, 3.8) is 0 Å². The van der Waals surface area contributed by atoms with E-state index in [-0.39, 0.29) is 17.6 Å². The maximum Gasteiger partial charge on any atom is 0.416 e. The third-order valence-corrected chi connectivity index (χ3v) is 5.08. The molecule has 2 heterocycles. The first-order valence-electron chi connectivity index (χ1n) is 7.28. The van der Waals surface area contributed by atoms with Crippen molar-refractivity contribution in [1.82, 2.24) is 4.90 Å². The Morgan fingerprint density at radius 3 is 2.61 bits per heavy atom. The van der Waals surface area contributed by atoms with Crippen LogP contribution in [-0.2, 0) is 11.0 Å². The molecule has 3 aliphatic rings. The van der Waals surface area contributed by atoms with Gasteiger partial charge in [0.05, 0.1) is 17.3 Å². The van der Waals surface area contributed by atoms with Gasteiger partial charge in [0.1, 0.15) is 5.54 Å². The number of hydrogen-bond donors (Lipinski definition) is 0. The average molecular weight is 322 g/mol. The van der Waals surface area contributed by atoms with E-state index in [9.17, 15) is 22.8 Å². The lowest BCUT2D eigenvalue weighted by atomic mass is 9.87. The fraction of sp³-hybridized carbons (Fsp3) is 0.375. The molecule has 4 rings (SSSR count). The molecule has 1 aliphatic carbocycles. The predicted octanol–water partition coefficient (Wildman–Crippen LogP) is 3.19. The normalized spacial score (nSPS) is 32.2. The zero-order valence-corrected chi connectivity index (χ0v) is 12.2. The van der Waals surface area contributed by atoms with Gasteiger partial charge in [-0.05, 0) is 31.5 Å². The molecule has 0 N–H and O–H groups in total. The Morgan fingerprint density at radius 1 is 1.22 bits per heavy atom. The van der Waals surface area contributed by atoms with Crippen molar-refractivity contribution in [3.05, 3.63) is 42.0 Å². The topological polar surface area (TPSA) is 40.6 Å². The van der Waals surface area contributed by atoms with E-state index in [1.54, 1.807) is 6.92 Å². The molecule has 3 amide bonds. The van der Waals surface area contributed by atoms with Crippen molar-refractivity contribution < 1.29 is 22.8 Å².